The van der Waals surface area contributed by atoms with Crippen LogP contribution < -0.4 is 10.2 Å². The lowest BCUT2D eigenvalue weighted by atomic mass is 10.2. The quantitative estimate of drug-likeness (QED) is 0.634. The van der Waals surface area contributed by atoms with Crippen molar-refractivity contribution in [3.05, 3.63) is 27.9 Å². The zero-order chi connectivity index (χ0) is 15.2. The molecule has 0 aliphatic carbocycles. The molecule has 0 radical (unpaired) electrons. The number of nitro groups is 1. The van der Waals surface area contributed by atoms with Gasteiger partial charge in [-0.25, -0.2) is 4.98 Å². The molecule has 0 spiro atoms. The predicted molar refractivity (Wildman–Crippen MR) is 79.1 cm³/mol. The number of aromatic nitrogens is 1. The number of rotatable bonds is 6. The number of nitriles is 1. The van der Waals surface area contributed by atoms with Crippen molar-refractivity contribution in [2.75, 3.05) is 24.5 Å². The number of anilines is 1. The number of hydrogen-bond acceptors (Lipinski definition) is 6. The molecule has 1 aliphatic rings. The van der Waals surface area contributed by atoms with Crippen molar-refractivity contribution in [3.63, 3.8) is 0 Å². The van der Waals surface area contributed by atoms with E-state index in [-0.39, 0.29) is 11.4 Å². The summed E-state index contributed by atoms with van der Waals surface area (Å²) in [5, 5.41) is 23.3. The Labute approximate surface area is 123 Å². The highest BCUT2D eigenvalue weighted by Gasteiger charge is 2.21. The Hall–Kier alpha value is -2.20. The third-order valence-electron chi connectivity index (χ3n) is 3.58. The summed E-state index contributed by atoms with van der Waals surface area (Å²) in [7, 11) is 0. The molecule has 21 heavy (non-hydrogen) atoms. The van der Waals surface area contributed by atoms with E-state index in [1.54, 1.807) is 6.07 Å². The summed E-state index contributed by atoms with van der Waals surface area (Å²) < 4.78 is 0. The van der Waals surface area contributed by atoms with Crippen LogP contribution in [-0.4, -0.2) is 35.6 Å². The maximum atomic E-state index is 10.9. The molecule has 1 atom stereocenters. The molecule has 0 amide bonds. The third-order valence-corrected chi connectivity index (χ3v) is 3.58. The average molecular weight is 289 g/mol. The Balaban J connectivity index is 2.23. The zero-order valence-corrected chi connectivity index (χ0v) is 12.1. The van der Waals surface area contributed by atoms with Gasteiger partial charge in [0.25, 0.3) is 0 Å². The third kappa shape index (κ3) is 3.67. The summed E-state index contributed by atoms with van der Waals surface area (Å²) in [5.74, 6) is 0.632. The van der Waals surface area contributed by atoms with Crippen LogP contribution in [0.3, 0.4) is 0 Å². The van der Waals surface area contributed by atoms with E-state index in [4.69, 9.17) is 5.26 Å². The van der Waals surface area contributed by atoms with E-state index >= 15 is 0 Å². The number of nitrogens with zero attached hydrogens (tertiary/aromatic N) is 4. The predicted octanol–water partition coefficient (Wildman–Crippen LogP) is 1.83. The fraction of sp³-hybridized carbons (Fsp3) is 0.571. The van der Waals surface area contributed by atoms with Crippen LogP contribution in [0.25, 0.3) is 0 Å². The summed E-state index contributed by atoms with van der Waals surface area (Å²) in [6, 6.07) is 5.22. The Bertz CT molecular complexity index is 549. The number of pyridine rings is 1. The molecule has 1 saturated heterocycles. The van der Waals surface area contributed by atoms with Gasteiger partial charge in [-0.1, -0.05) is 6.92 Å². The van der Waals surface area contributed by atoms with Gasteiger partial charge in [0, 0.05) is 25.2 Å². The van der Waals surface area contributed by atoms with Gasteiger partial charge in [0.1, 0.15) is 11.9 Å². The Kier molecular flexibility index (Phi) is 5.06. The van der Waals surface area contributed by atoms with Crippen LogP contribution in [0.5, 0.6) is 0 Å². The fourth-order valence-corrected chi connectivity index (χ4v) is 2.60. The molecular weight excluding hydrogens is 270 g/mol. The topological polar surface area (TPSA) is 95.1 Å². The van der Waals surface area contributed by atoms with E-state index in [2.05, 4.69) is 22.1 Å². The maximum Gasteiger partial charge on any atom is 0.305 e. The van der Waals surface area contributed by atoms with Gasteiger partial charge >= 0.3 is 5.69 Å². The van der Waals surface area contributed by atoms with Crippen molar-refractivity contribution >= 4 is 11.5 Å². The SMILES string of the molecule is CCCN(CC1CCCN1)c1ccc([N+](=O)[O-])c(C#N)n1. The Morgan fingerprint density at radius 3 is 3.00 bits per heavy atom. The molecule has 7 heteroatoms. The molecule has 1 unspecified atom stereocenters. The second kappa shape index (κ2) is 6.99. The van der Waals surface area contributed by atoms with Gasteiger partial charge in [-0.2, -0.15) is 5.26 Å². The smallest absolute Gasteiger partial charge is 0.305 e. The van der Waals surface area contributed by atoms with E-state index in [0.717, 1.165) is 32.5 Å². The summed E-state index contributed by atoms with van der Waals surface area (Å²) in [6.45, 7) is 4.73. The molecule has 2 heterocycles. The van der Waals surface area contributed by atoms with Crippen molar-refractivity contribution in [1.82, 2.24) is 10.3 Å². The Morgan fingerprint density at radius 2 is 2.43 bits per heavy atom. The summed E-state index contributed by atoms with van der Waals surface area (Å²) in [6.07, 6.45) is 3.24. The van der Waals surface area contributed by atoms with E-state index in [1.807, 2.05) is 6.07 Å². The summed E-state index contributed by atoms with van der Waals surface area (Å²) in [4.78, 5) is 16.5. The fourth-order valence-electron chi connectivity index (χ4n) is 2.60. The molecule has 1 aromatic heterocycles. The first-order valence-corrected chi connectivity index (χ1v) is 7.19. The van der Waals surface area contributed by atoms with Crippen LogP contribution in [0.2, 0.25) is 0 Å². The molecule has 1 N–H and O–H groups in total. The van der Waals surface area contributed by atoms with E-state index in [9.17, 15) is 10.1 Å². The van der Waals surface area contributed by atoms with Crippen LogP contribution >= 0.6 is 0 Å². The van der Waals surface area contributed by atoms with Gasteiger partial charge in [-0.15, -0.1) is 0 Å². The lowest BCUT2D eigenvalue weighted by molar-refractivity contribution is -0.385. The zero-order valence-electron chi connectivity index (χ0n) is 12.1. The monoisotopic (exact) mass is 289 g/mol. The number of nitrogens with one attached hydrogen (secondary N) is 1. The van der Waals surface area contributed by atoms with Gasteiger partial charge in [-0.3, -0.25) is 10.1 Å². The van der Waals surface area contributed by atoms with E-state index in [1.165, 1.54) is 12.5 Å². The first kappa shape index (κ1) is 15.2. The standard InChI is InChI=1S/C14H19N5O2/c1-2-8-18(10-11-4-3-7-16-11)14-6-5-13(19(20)21)12(9-15)17-14/h5-6,11,16H,2-4,7-8,10H2,1H3. The van der Waals surface area contributed by atoms with Gasteiger partial charge in [0.05, 0.1) is 4.92 Å². The second-order valence-electron chi connectivity index (χ2n) is 5.15. The summed E-state index contributed by atoms with van der Waals surface area (Å²) >= 11 is 0. The molecule has 0 bridgehead atoms. The van der Waals surface area contributed by atoms with Crippen LogP contribution in [0, 0.1) is 21.4 Å². The highest BCUT2D eigenvalue weighted by atomic mass is 16.6. The minimum atomic E-state index is -0.571. The lowest BCUT2D eigenvalue weighted by Gasteiger charge is -2.26. The van der Waals surface area contributed by atoms with Crippen LogP contribution in [0.15, 0.2) is 12.1 Å². The minimum Gasteiger partial charge on any atom is -0.355 e. The van der Waals surface area contributed by atoms with Crippen molar-refractivity contribution < 1.29 is 4.92 Å². The maximum absolute atomic E-state index is 10.9. The molecule has 112 valence electrons. The van der Waals surface area contributed by atoms with Gasteiger partial charge in [0.2, 0.25) is 5.69 Å². The average Bonchev–Trinajstić information content (AvgIpc) is 2.99. The molecule has 2 rings (SSSR count). The molecule has 1 aromatic rings. The van der Waals surface area contributed by atoms with Crippen LogP contribution in [0.4, 0.5) is 11.5 Å². The normalized spacial score (nSPS) is 17.4. The Morgan fingerprint density at radius 1 is 1.62 bits per heavy atom. The van der Waals surface area contributed by atoms with E-state index < -0.39 is 4.92 Å². The molecule has 7 nitrogen and oxygen atoms in total. The second-order valence-corrected chi connectivity index (χ2v) is 5.15. The van der Waals surface area contributed by atoms with Crippen molar-refractivity contribution in [1.29, 1.82) is 5.26 Å². The first-order valence-electron chi connectivity index (χ1n) is 7.19. The van der Waals surface area contributed by atoms with Gasteiger partial charge in [0.15, 0.2) is 0 Å². The molecule has 1 fully saturated rings. The van der Waals surface area contributed by atoms with Crippen LogP contribution in [0.1, 0.15) is 31.9 Å². The highest BCUT2D eigenvalue weighted by Crippen LogP contribution is 2.21. The van der Waals surface area contributed by atoms with E-state index in [0.29, 0.717) is 11.9 Å². The highest BCUT2D eigenvalue weighted by molar-refractivity contribution is 5.51. The molecule has 0 aromatic carbocycles. The van der Waals surface area contributed by atoms with Crippen molar-refractivity contribution in [2.24, 2.45) is 0 Å². The first-order chi connectivity index (χ1) is 10.2. The van der Waals surface area contributed by atoms with Gasteiger partial charge in [-0.05, 0) is 31.9 Å². The molecular formula is C14H19N5O2. The van der Waals surface area contributed by atoms with Gasteiger partial charge < -0.3 is 10.2 Å². The lowest BCUT2D eigenvalue weighted by Crippen LogP contribution is -2.38. The van der Waals surface area contributed by atoms with Crippen molar-refractivity contribution in [3.8, 4) is 6.07 Å². The minimum absolute atomic E-state index is 0.127. The largest absolute Gasteiger partial charge is 0.355 e. The number of hydrogen-bond donors (Lipinski definition) is 1. The molecule has 1 aliphatic heterocycles. The van der Waals surface area contributed by atoms with Crippen molar-refractivity contribution in [2.45, 2.75) is 32.2 Å². The summed E-state index contributed by atoms with van der Waals surface area (Å²) in [5.41, 5.74) is -0.366. The molecule has 0 saturated carbocycles. The van der Waals surface area contributed by atoms with Crippen LogP contribution in [-0.2, 0) is 0 Å².